The fraction of sp³-hybridized carbons (Fsp3) is 0.548. The van der Waals surface area contributed by atoms with Gasteiger partial charge in [-0.05, 0) is 60.8 Å². The number of aliphatic hydroxyl groups excluding tert-OH is 1. The Morgan fingerprint density at radius 3 is 2.55 bits per heavy atom. The summed E-state index contributed by atoms with van der Waals surface area (Å²) in [6, 6.07) is 6.76. The largest absolute Gasteiger partial charge is 0.457 e. The lowest BCUT2D eigenvalue weighted by atomic mass is 9.44. The highest BCUT2D eigenvalue weighted by atomic mass is 16.5. The predicted molar refractivity (Wildman–Crippen MR) is 152 cm³/mol. The molecule has 4 rings (SSSR count). The number of esters is 1. The summed E-state index contributed by atoms with van der Waals surface area (Å²) in [6.07, 6.45) is 6.58. The molecule has 2 aliphatic carbocycles. The first-order valence-electron chi connectivity index (χ1n) is 13.8. The van der Waals surface area contributed by atoms with Gasteiger partial charge in [-0.1, -0.05) is 75.0 Å². The summed E-state index contributed by atoms with van der Waals surface area (Å²) in [5.41, 5.74) is 7.32. The minimum atomic E-state index is -1.40. The van der Waals surface area contributed by atoms with Crippen LogP contribution in [0.25, 0.3) is 10.4 Å². The van der Waals surface area contributed by atoms with E-state index < -0.39 is 46.6 Å². The van der Waals surface area contributed by atoms with Crippen LogP contribution in [0, 0.1) is 28.6 Å². The van der Waals surface area contributed by atoms with Gasteiger partial charge in [-0.15, -0.1) is 0 Å². The van der Waals surface area contributed by atoms with Gasteiger partial charge in [-0.25, -0.2) is 0 Å². The second-order valence-electron chi connectivity index (χ2n) is 12.2. The topological polar surface area (TPSA) is 145 Å². The molecule has 3 aliphatic rings. The van der Waals surface area contributed by atoms with Crippen molar-refractivity contribution in [3.63, 3.8) is 0 Å². The van der Waals surface area contributed by atoms with Crippen LogP contribution in [0.4, 0.5) is 5.69 Å². The first kappa shape index (κ1) is 29.6. The number of nitrogens with one attached hydrogen (secondary N) is 1. The Kier molecular flexibility index (Phi) is 8.05. The normalized spacial score (nSPS) is 40.9. The second kappa shape index (κ2) is 10.9. The molecule has 0 radical (unpaired) electrons. The Morgan fingerprint density at radius 1 is 1.25 bits per heavy atom. The van der Waals surface area contributed by atoms with Crippen LogP contribution >= 0.6 is 0 Å². The van der Waals surface area contributed by atoms with Crippen LogP contribution in [-0.2, 0) is 20.7 Å². The van der Waals surface area contributed by atoms with Crippen molar-refractivity contribution in [1.82, 2.24) is 5.32 Å². The quantitative estimate of drug-likeness (QED) is 0.158. The molecule has 1 aromatic carbocycles. The van der Waals surface area contributed by atoms with Gasteiger partial charge in [0.2, 0.25) is 5.91 Å². The lowest BCUT2D eigenvalue weighted by molar-refractivity contribution is -0.178. The van der Waals surface area contributed by atoms with Crippen molar-refractivity contribution in [3.8, 4) is 0 Å². The van der Waals surface area contributed by atoms with E-state index in [1.54, 1.807) is 31.2 Å². The van der Waals surface area contributed by atoms with E-state index in [4.69, 9.17) is 10.3 Å². The van der Waals surface area contributed by atoms with Crippen molar-refractivity contribution in [3.05, 3.63) is 76.7 Å². The zero-order valence-electron chi connectivity index (χ0n) is 23.9. The number of allylic oxidation sites excluding steroid dienone is 1. The van der Waals surface area contributed by atoms with Gasteiger partial charge in [-0.2, -0.15) is 0 Å². The molecule has 9 nitrogen and oxygen atoms in total. The van der Waals surface area contributed by atoms with Crippen molar-refractivity contribution in [2.75, 3.05) is 0 Å². The predicted octanol–water partition coefficient (Wildman–Crippen LogP) is 5.07. The van der Waals surface area contributed by atoms with E-state index in [1.165, 1.54) is 6.92 Å². The summed E-state index contributed by atoms with van der Waals surface area (Å²) in [7, 11) is 0. The number of ether oxygens (including phenoxy) is 1. The Morgan fingerprint density at radius 2 is 1.93 bits per heavy atom. The van der Waals surface area contributed by atoms with E-state index in [9.17, 15) is 19.8 Å². The molecule has 2 fully saturated rings. The monoisotopic (exact) mass is 548 g/mol. The fourth-order valence-electron chi connectivity index (χ4n) is 7.46. The third kappa shape index (κ3) is 4.87. The zero-order valence-corrected chi connectivity index (χ0v) is 23.9. The SMILES string of the molecule is C=C1[C@@H](O)[C@@H]2/C=C/C[C@H](C)C[C@@](C)(O)/C=C/C(OC(C)=O)[C@]23C(=O)N[C@@H](Cc2ccc(N=[N+]=[N-])cc2)[C@]3(C)[C@@H]1C. The van der Waals surface area contributed by atoms with E-state index in [-0.39, 0.29) is 17.7 Å². The van der Waals surface area contributed by atoms with Gasteiger partial charge in [0.1, 0.15) is 11.5 Å². The van der Waals surface area contributed by atoms with Crippen molar-refractivity contribution < 1.29 is 24.5 Å². The van der Waals surface area contributed by atoms with E-state index in [0.717, 1.165) is 5.56 Å². The Bertz CT molecular complexity index is 1280. The summed E-state index contributed by atoms with van der Waals surface area (Å²) in [4.78, 5) is 29.8. The molecule has 1 spiro atoms. The molecule has 1 saturated carbocycles. The van der Waals surface area contributed by atoms with Gasteiger partial charge in [0.15, 0.2) is 0 Å². The third-order valence-electron chi connectivity index (χ3n) is 9.55. The number of carbonyl (C=O) groups excluding carboxylic acids is 2. The Labute approximate surface area is 235 Å². The number of amides is 1. The van der Waals surface area contributed by atoms with Crippen LogP contribution in [0.3, 0.4) is 0 Å². The van der Waals surface area contributed by atoms with Crippen molar-refractivity contribution in [2.24, 2.45) is 33.7 Å². The minimum Gasteiger partial charge on any atom is -0.457 e. The Balaban J connectivity index is 1.94. The lowest BCUT2D eigenvalue weighted by Crippen LogP contribution is -2.65. The second-order valence-corrected chi connectivity index (χ2v) is 12.2. The smallest absolute Gasteiger partial charge is 0.303 e. The van der Waals surface area contributed by atoms with Crippen LogP contribution in [-0.4, -0.2) is 45.9 Å². The van der Waals surface area contributed by atoms with Crippen molar-refractivity contribution >= 4 is 17.6 Å². The molecule has 0 bridgehead atoms. The molecule has 1 aromatic rings. The van der Waals surface area contributed by atoms with Crippen LogP contribution in [0.1, 0.15) is 53.0 Å². The molecule has 1 aliphatic heterocycles. The van der Waals surface area contributed by atoms with Crippen LogP contribution in [0.15, 0.2) is 65.8 Å². The van der Waals surface area contributed by atoms with Crippen molar-refractivity contribution in [1.29, 1.82) is 0 Å². The molecule has 40 heavy (non-hydrogen) atoms. The molecular formula is C31H40N4O5. The summed E-state index contributed by atoms with van der Waals surface area (Å²) in [6.45, 7) is 13.3. The molecule has 9 heteroatoms. The molecule has 1 unspecified atom stereocenters. The standard InChI is InChI=1S/C31H40N4O5/c1-18-8-7-9-24-27(37)19(2)20(3)30(6)25(16-22-10-12-23(13-11-22)34-35-32)33-28(38)31(24,30)26(40-21(4)36)14-15-29(5,39)17-18/h7,9-15,18,20,24-27,37,39H,2,8,16-17H2,1,3-6H3,(H,33,38)/b9-7+,15-14+/t18-,20+,24-,25-,26?,27+,29-,30-,31-/m0/s1. The maximum Gasteiger partial charge on any atom is 0.303 e. The highest BCUT2D eigenvalue weighted by Gasteiger charge is 2.74. The molecule has 214 valence electrons. The molecule has 3 N–H and O–H groups in total. The number of hydrogen-bond acceptors (Lipinski definition) is 6. The maximum atomic E-state index is 14.4. The first-order chi connectivity index (χ1) is 18.8. The van der Waals surface area contributed by atoms with E-state index in [2.05, 4.69) is 21.9 Å². The van der Waals surface area contributed by atoms with Crippen molar-refractivity contribution in [2.45, 2.75) is 77.7 Å². The molecular weight excluding hydrogens is 508 g/mol. The van der Waals surface area contributed by atoms with E-state index in [1.807, 2.05) is 45.1 Å². The number of benzene rings is 1. The molecule has 1 amide bonds. The van der Waals surface area contributed by atoms with E-state index in [0.29, 0.717) is 30.5 Å². The van der Waals surface area contributed by atoms with Gasteiger partial charge in [0.25, 0.3) is 0 Å². The molecule has 1 heterocycles. The summed E-state index contributed by atoms with van der Waals surface area (Å²) < 4.78 is 5.95. The molecule has 0 aromatic heterocycles. The highest BCUT2D eigenvalue weighted by molar-refractivity contribution is 5.90. The molecule has 1 saturated heterocycles. The van der Waals surface area contributed by atoms with Gasteiger partial charge < -0.3 is 20.3 Å². The number of carbonyl (C=O) groups is 2. The molecule has 9 atom stereocenters. The number of aliphatic hydroxyl groups is 2. The van der Waals surface area contributed by atoms with Crippen LogP contribution in [0.2, 0.25) is 0 Å². The number of azide groups is 1. The highest BCUT2D eigenvalue weighted by Crippen LogP contribution is 2.65. The first-order valence-corrected chi connectivity index (χ1v) is 13.8. The maximum absolute atomic E-state index is 14.4. The van der Waals surface area contributed by atoms with Gasteiger partial charge in [0, 0.05) is 34.9 Å². The summed E-state index contributed by atoms with van der Waals surface area (Å²) in [5.74, 6) is -1.82. The lowest BCUT2D eigenvalue weighted by Gasteiger charge is -2.58. The number of nitrogens with zero attached hydrogens (tertiary/aromatic N) is 3. The van der Waals surface area contributed by atoms with Crippen LogP contribution in [0.5, 0.6) is 0 Å². The summed E-state index contributed by atoms with van der Waals surface area (Å²) >= 11 is 0. The average Bonchev–Trinajstić information content (AvgIpc) is 3.09. The van der Waals surface area contributed by atoms with Gasteiger partial charge in [-0.3, -0.25) is 9.59 Å². The van der Waals surface area contributed by atoms with Crippen LogP contribution < -0.4 is 5.32 Å². The average molecular weight is 549 g/mol. The number of hydrogen-bond donors (Lipinski definition) is 3. The third-order valence-corrected chi connectivity index (χ3v) is 9.55. The van der Waals surface area contributed by atoms with E-state index >= 15 is 0 Å². The zero-order chi connectivity index (χ0) is 29.5. The number of rotatable bonds is 4. The van der Waals surface area contributed by atoms with Gasteiger partial charge in [0.05, 0.1) is 11.7 Å². The minimum absolute atomic E-state index is 0.130. The van der Waals surface area contributed by atoms with Gasteiger partial charge >= 0.3 is 5.97 Å². The fourth-order valence-corrected chi connectivity index (χ4v) is 7.46. The summed E-state index contributed by atoms with van der Waals surface area (Å²) in [5, 5.41) is 29.7. The Hall–Kier alpha value is -3.39.